The van der Waals surface area contributed by atoms with E-state index in [4.69, 9.17) is 80.3 Å². The van der Waals surface area contributed by atoms with Gasteiger partial charge in [-0.05, 0) is 129 Å². The van der Waals surface area contributed by atoms with Gasteiger partial charge in [0, 0.05) is 39.1 Å². The molecule has 38 nitrogen and oxygen atoms in total. The van der Waals surface area contributed by atoms with E-state index in [1.165, 1.54) is 6.92 Å². The zero-order valence-electron chi connectivity index (χ0n) is 50.2. The molecule has 0 aromatic rings. The highest BCUT2D eigenvalue weighted by Gasteiger charge is 2.34. The molecule has 0 spiro atoms. The van der Waals surface area contributed by atoms with Crippen LogP contribution in [-0.2, 0) is 47.9 Å². The van der Waals surface area contributed by atoms with Gasteiger partial charge in [0.05, 0.1) is 6.04 Å². The fourth-order valence-electron chi connectivity index (χ4n) is 8.12. The molecule has 0 saturated heterocycles. The van der Waals surface area contributed by atoms with Crippen molar-refractivity contribution < 1.29 is 53.1 Å². The number of carboxylic acid groups (broad SMARTS) is 1. The molecule has 0 heterocycles. The predicted molar refractivity (Wildman–Crippen MR) is 331 cm³/mol. The normalized spacial score (nSPS) is 13.8. The summed E-state index contributed by atoms with van der Waals surface area (Å²) in [6, 6.07) is -12.4. The summed E-state index contributed by atoms with van der Waals surface area (Å²) in [6.45, 7) is 2.01. The lowest BCUT2D eigenvalue weighted by molar-refractivity contribution is -0.142. The minimum atomic E-state index is -1.65. The number of unbranched alkanes of at least 4 members (excludes halogenated alkanes) is 2. The van der Waals surface area contributed by atoms with Crippen molar-refractivity contribution >= 4 is 88.9 Å². The van der Waals surface area contributed by atoms with Gasteiger partial charge < -0.3 is 128 Å². The SMILES string of the molecule is C[C@H](NC(=O)[C@H](CCCCN)NC(=O)[C@H](CCCCN)NC(=O)[C@@H](N)CCCN=C(N)N)C(=O)N[C@@H](CCCN=C(N)N)C(=O)N[C@@H](CCC(N)=O)C(=O)N[C@@H](CCCN=C(N)N)C(=O)N[C@@H](CCCN=C(N)N)C(=O)N[C@@H](CCCN=C(N)N)C(=O)O. The number of hydrogen-bond donors (Lipinski definition) is 23. The molecule has 500 valence electrons. The highest BCUT2D eigenvalue weighted by atomic mass is 16.4. The third-order valence-corrected chi connectivity index (χ3v) is 12.8. The number of nitrogens with zero attached hydrogens (tertiary/aromatic N) is 5. The number of carboxylic acids is 1. The van der Waals surface area contributed by atoms with Gasteiger partial charge >= 0.3 is 5.97 Å². The summed E-state index contributed by atoms with van der Waals surface area (Å²) < 4.78 is 0. The van der Waals surface area contributed by atoms with Crippen molar-refractivity contribution in [3.8, 4) is 0 Å². The first kappa shape index (κ1) is 78.9. The largest absolute Gasteiger partial charge is 0.480 e. The van der Waals surface area contributed by atoms with Crippen molar-refractivity contribution in [2.45, 2.75) is 177 Å². The van der Waals surface area contributed by atoms with Gasteiger partial charge in [-0.25, -0.2) is 4.79 Å². The number of carbonyl (C=O) groups is 10. The first-order valence-electron chi connectivity index (χ1n) is 28.9. The van der Waals surface area contributed by atoms with Crippen molar-refractivity contribution in [3.05, 3.63) is 0 Å². The second-order valence-corrected chi connectivity index (χ2v) is 20.4. The Balaban J connectivity index is 6.99. The maximum Gasteiger partial charge on any atom is 0.326 e. The van der Waals surface area contributed by atoms with Gasteiger partial charge in [-0.1, -0.05) is 0 Å². The molecular weight excluding hydrogens is 1150 g/mol. The number of primary amides is 1. The number of amides is 9. The molecule has 0 bridgehead atoms. The van der Waals surface area contributed by atoms with Crippen molar-refractivity contribution in [2.24, 2.45) is 105 Å². The molecule has 0 aliphatic carbocycles. The first-order valence-corrected chi connectivity index (χ1v) is 28.9. The van der Waals surface area contributed by atoms with Gasteiger partial charge in [0.15, 0.2) is 29.8 Å². The molecule has 0 aromatic heterocycles. The van der Waals surface area contributed by atoms with Crippen LogP contribution in [0.4, 0.5) is 0 Å². The van der Waals surface area contributed by atoms with Crippen LogP contribution in [0.3, 0.4) is 0 Å². The van der Waals surface area contributed by atoms with E-state index in [0.717, 1.165) is 0 Å². The quantitative estimate of drug-likeness (QED) is 0.0153. The fourth-order valence-corrected chi connectivity index (χ4v) is 8.12. The second-order valence-electron chi connectivity index (χ2n) is 20.4. The van der Waals surface area contributed by atoms with Crippen molar-refractivity contribution in [1.29, 1.82) is 0 Å². The second kappa shape index (κ2) is 45.3. The molecule has 9 amide bonds. The Hall–Kier alpha value is -9.07. The van der Waals surface area contributed by atoms with Gasteiger partial charge in [0.25, 0.3) is 0 Å². The molecule has 0 fully saturated rings. The van der Waals surface area contributed by atoms with Gasteiger partial charge in [0.2, 0.25) is 53.2 Å². The molecule has 0 radical (unpaired) electrons. The minimum absolute atomic E-state index is 0.00899. The molecule has 9 atom stereocenters. The van der Waals surface area contributed by atoms with E-state index in [1.807, 2.05) is 0 Å². The van der Waals surface area contributed by atoms with Crippen LogP contribution in [0.15, 0.2) is 25.0 Å². The Morgan fingerprint density at radius 2 is 0.580 bits per heavy atom. The lowest BCUT2D eigenvalue weighted by Gasteiger charge is -2.27. The van der Waals surface area contributed by atoms with Crippen LogP contribution in [-0.4, -0.2) is 194 Å². The Kier molecular flexibility index (Phi) is 40.6. The number of guanidine groups is 5. The summed E-state index contributed by atoms with van der Waals surface area (Å²) in [7, 11) is 0. The molecule has 37 N–H and O–H groups in total. The Morgan fingerprint density at radius 3 is 0.875 bits per heavy atom. The number of hydrogen-bond acceptors (Lipinski definition) is 18. The summed E-state index contributed by atoms with van der Waals surface area (Å²) in [5, 5.41) is 30.3. The summed E-state index contributed by atoms with van der Waals surface area (Å²) in [5.41, 5.74) is 77.5. The summed E-state index contributed by atoms with van der Waals surface area (Å²) >= 11 is 0. The summed E-state index contributed by atoms with van der Waals surface area (Å²) in [4.78, 5) is 155. The lowest BCUT2D eigenvalue weighted by atomic mass is 10.0. The van der Waals surface area contributed by atoms with Crippen molar-refractivity contribution in [3.63, 3.8) is 0 Å². The van der Waals surface area contributed by atoms with E-state index in [-0.39, 0.29) is 140 Å². The monoisotopic (exact) mass is 1250 g/mol. The number of nitrogens with one attached hydrogen (secondary N) is 8. The maximum absolute atomic E-state index is 14.3. The van der Waals surface area contributed by atoms with Gasteiger partial charge in [-0.3, -0.25) is 68.1 Å². The molecule has 88 heavy (non-hydrogen) atoms. The van der Waals surface area contributed by atoms with Crippen LogP contribution < -0.4 is 123 Å². The smallest absolute Gasteiger partial charge is 0.326 e. The summed E-state index contributed by atoms with van der Waals surface area (Å²) in [6.07, 6.45) is 1.19. The molecule has 0 rings (SSSR count). The highest BCUT2D eigenvalue weighted by molar-refractivity contribution is 5.98. The van der Waals surface area contributed by atoms with E-state index < -0.39 is 126 Å². The number of rotatable bonds is 48. The van der Waals surface area contributed by atoms with E-state index in [0.29, 0.717) is 38.6 Å². The minimum Gasteiger partial charge on any atom is -0.480 e. The van der Waals surface area contributed by atoms with Crippen LogP contribution >= 0.6 is 0 Å². The number of carbonyl (C=O) groups excluding carboxylic acids is 9. The molecule has 0 aromatic carbocycles. The predicted octanol–water partition coefficient (Wildman–Crippen LogP) is -9.91. The van der Waals surface area contributed by atoms with Crippen molar-refractivity contribution in [1.82, 2.24) is 42.5 Å². The molecule has 0 saturated carbocycles. The van der Waals surface area contributed by atoms with Crippen LogP contribution in [0.5, 0.6) is 0 Å². The average Bonchev–Trinajstić information content (AvgIpc) is 2.07. The molecule has 38 heteroatoms. The van der Waals surface area contributed by atoms with Gasteiger partial charge in [-0.15, -0.1) is 0 Å². The summed E-state index contributed by atoms with van der Waals surface area (Å²) in [5.74, 6) is -10.5. The zero-order chi connectivity index (χ0) is 66.7. The number of aliphatic imine (C=N–C) groups is 5. The number of nitrogens with two attached hydrogens (primary N) is 14. The third kappa shape index (κ3) is 37.4. The van der Waals surface area contributed by atoms with E-state index in [2.05, 4.69) is 67.5 Å². The average molecular weight is 1250 g/mol. The van der Waals surface area contributed by atoms with Crippen molar-refractivity contribution in [2.75, 3.05) is 45.8 Å². The van der Waals surface area contributed by atoms with Gasteiger partial charge in [0.1, 0.15) is 48.3 Å². The van der Waals surface area contributed by atoms with E-state index in [9.17, 15) is 53.1 Å². The van der Waals surface area contributed by atoms with Crippen LogP contribution in [0.25, 0.3) is 0 Å². The standard InChI is InChI=1S/C50H99N27O11/c1-27(70-39(81)29(12-2-4-20-51)73-40(82)30(13-3-5-21-52)72-38(80)28(53)11-6-22-65-46(55)56)37(79)71-31(14-7-23-66-47(57)58)41(83)76-34(18-19-36(54)78)44(86)75-32(15-8-24-67-48(59)60)42(84)74-33(16-9-25-68-49(61)62)43(85)77-35(45(87)88)17-10-26-69-50(63)64/h27-35H,2-26,51-53H2,1H3,(H2,54,78)(H,70,81)(H,71,79)(H,72,80)(H,73,82)(H,74,84)(H,75,86)(H,76,83)(H,77,85)(H,87,88)(H4,55,56,65)(H4,57,58,66)(H4,59,60,67)(H4,61,62,68)(H4,63,64,69)/t27-,28-,29-,30-,31-,32-,33-,34-,35-/m0/s1. The van der Waals surface area contributed by atoms with E-state index >= 15 is 0 Å². The topological polar surface area (TPSA) is 713 Å². The lowest BCUT2D eigenvalue weighted by Crippen LogP contribution is -2.60. The third-order valence-electron chi connectivity index (χ3n) is 12.8. The first-order chi connectivity index (χ1) is 41.5. The Morgan fingerprint density at radius 1 is 0.330 bits per heavy atom. The molecule has 0 unspecified atom stereocenters. The molecule has 0 aliphatic heterocycles. The highest BCUT2D eigenvalue weighted by Crippen LogP contribution is 2.11. The number of aliphatic carboxylic acids is 1. The van der Waals surface area contributed by atoms with Gasteiger partial charge in [-0.2, -0.15) is 0 Å². The zero-order valence-corrected chi connectivity index (χ0v) is 50.2. The van der Waals surface area contributed by atoms with Crippen LogP contribution in [0, 0.1) is 0 Å². The fraction of sp³-hybridized carbons (Fsp3) is 0.700. The molecule has 0 aliphatic rings. The Labute approximate surface area is 511 Å². The Bertz CT molecular complexity index is 2370. The van der Waals surface area contributed by atoms with Crippen LogP contribution in [0.2, 0.25) is 0 Å². The van der Waals surface area contributed by atoms with Crippen LogP contribution in [0.1, 0.15) is 122 Å². The molecular formula is C50H99N27O11. The maximum atomic E-state index is 14.3. The van der Waals surface area contributed by atoms with E-state index in [1.54, 1.807) is 0 Å².